The first-order chi connectivity index (χ1) is 6.19. The van der Waals surface area contributed by atoms with Crippen LogP contribution in [0.1, 0.15) is 17.4 Å². The molecule has 0 amide bonds. The Labute approximate surface area is 77.4 Å². The van der Waals surface area contributed by atoms with Crippen LogP contribution in [0.3, 0.4) is 0 Å². The number of pyridine rings is 1. The maximum atomic E-state index is 9.40. The van der Waals surface area contributed by atoms with E-state index in [-0.39, 0.29) is 6.54 Å². The highest BCUT2D eigenvalue weighted by atomic mass is 16.5. The molecule has 0 spiro atoms. The summed E-state index contributed by atoms with van der Waals surface area (Å²) in [5, 5.41) is 9.40. The summed E-state index contributed by atoms with van der Waals surface area (Å²) < 4.78 is 5.02. The number of methoxy groups -OCH3 is 1. The standard InChI is InChI=1S/C9H14N2O2/c1-6-3-4-7(8(12)5-10)11-9(6)13-2/h3-4,8,12H,5,10H2,1-2H3. The molecule has 0 aliphatic carbocycles. The van der Waals surface area contributed by atoms with E-state index in [0.29, 0.717) is 11.6 Å². The van der Waals surface area contributed by atoms with Crippen LogP contribution in [0.4, 0.5) is 0 Å². The number of rotatable bonds is 3. The number of ether oxygens (including phenoxy) is 1. The summed E-state index contributed by atoms with van der Waals surface area (Å²) >= 11 is 0. The number of hydrogen-bond acceptors (Lipinski definition) is 4. The number of hydrogen-bond donors (Lipinski definition) is 2. The van der Waals surface area contributed by atoms with E-state index in [1.165, 1.54) is 0 Å². The first kappa shape index (κ1) is 9.95. The van der Waals surface area contributed by atoms with Crippen molar-refractivity contribution in [2.24, 2.45) is 5.73 Å². The second kappa shape index (κ2) is 4.20. The fourth-order valence-electron chi connectivity index (χ4n) is 1.04. The van der Waals surface area contributed by atoms with Gasteiger partial charge in [-0.1, -0.05) is 6.07 Å². The number of nitrogens with zero attached hydrogens (tertiary/aromatic N) is 1. The molecule has 1 aromatic heterocycles. The summed E-state index contributed by atoms with van der Waals surface area (Å²) in [4.78, 5) is 4.11. The summed E-state index contributed by atoms with van der Waals surface area (Å²) in [6.07, 6.45) is -0.713. The fourth-order valence-corrected chi connectivity index (χ4v) is 1.04. The molecule has 0 bridgehead atoms. The first-order valence-corrected chi connectivity index (χ1v) is 4.08. The van der Waals surface area contributed by atoms with E-state index in [1.54, 1.807) is 13.2 Å². The second-order valence-corrected chi connectivity index (χ2v) is 2.81. The Balaban J connectivity index is 2.99. The molecule has 0 aliphatic rings. The molecule has 0 saturated heterocycles. The number of aryl methyl sites for hydroxylation is 1. The molecule has 0 aromatic carbocycles. The maximum Gasteiger partial charge on any atom is 0.216 e. The van der Waals surface area contributed by atoms with Crippen molar-refractivity contribution in [2.45, 2.75) is 13.0 Å². The molecule has 0 fully saturated rings. The summed E-state index contributed by atoms with van der Waals surface area (Å²) in [5.74, 6) is 0.532. The van der Waals surface area contributed by atoms with Crippen molar-refractivity contribution in [3.05, 3.63) is 23.4 Å². The van der Waals surface area contributed by atoms with Gasteiger partial charge in [-0.3, -0.25) is 0 Å². The maximum absolute atomic E-state index is 9.40. The molecule has 0 radical (unpaired) electrons. The lowest BCUT2D eigenvalue weighted by molar-refractivity contribution is 0.180. The van der Waals surface area contributed by atoms with Gasteiger partial charge in [-0.15, -0.1) is 0 Å². The highest BCUT2D eigenvalue weighted by Crippen LogP contribution is 2.17. The summed E-state index contributed by atoms with van der Waals surface area (Å²) in [7, 11) is 1.55. The largest absolute Gasteiger partial charge is 0.481 e. The molecule has 0 aliphatic heterocycles. The minimum atomic E-state index is -0.713. The summed E-state index contributed by atoms with van der Waals surface area (Å²) in [6, 6.07) is 3.59. The van der Waals surface area contributed by atoms with Crippen LogP contribution in [0.25, 0.3) is 0 Å². The molecule has 1 heterocycles. The number of aliphatic hydroxyl groups excluding tert-OH is 1. The van der Waals surface area contributed by atoms with Gasteiger partial charge in [-0.05, 0) is 13.0 Å². The van der Waals surface area contributed by atoms with Crippen LogP contribution in [-0.4, -0.2) is 23.7 Å². The predicted molar refractivity (Wildman–Crippen MR) is 49.5 cm³/mol. The average Bonchev–Trinajstić information content (AvgIpc) is 2.17. The van der Waals surface area contributed by atoms with Crippen molar-refractivity contribution in [1.29, 1.82) is 0 Å². The van der Waals surface area contributed by atoms with Crippen molar-refractivity contribution < 1.29 is 9.84 Å². The van der Waals surface area contributed by atoms with E-state index in [0.717, 1.165) is 5.56 Å². The van der Waals surface area contributed by atoms with E-state index < -0.39 is 6.10 Å². The Bertz CT molecular complexity index is 289. The second-order valence-electron chi connectivity index (χ2n) is 2.81. The predicted octanol–water partition coefficient (Wildman–Crippen LogP) is 0.391. The van der Waals surface area contributed by atoms with Crippen molar-refractivity contribution in [2.75, 3.05) is 13.7 Å². The van der Waals surface area contributed by atoms with E-state index in [9.17, 15) is 5.11 Å². The van der Waals surface area contributed by atoms with Crippen molar-refractivity contribution in [1.82, 2.24) is 4.98 Å². The first-order valence-electron chi connectivity index (χ1n) is 4.08. The van der Waals surface area contributed by atoms with Gasteiger partial charge in [0, 0.05) is 12.1 Å². The minimum absolute atomic E-state index is 0.166. The molecular weight excluding hydrogens is 168 g/mol. The fraction of sp³-hybridized carbons (Fsp3) is 0.444. The normalized spacial score (nSPS) is 12.6. The Morgan fingerprint density at radius 1 is 1.62 bits per heavy atom. The summed E-state index contributed by atoms with van der Waals surface area (Å²) in [6.45, 7) is 2.06. The van der Waals surface area contributed by atoms with Gasteiger partial charge in [0.1, 0.15) is 6.10 Å². The van der Waals surface area contributed by atoms with Crippen LogP contribution in [0.15, 0.2) is 12.1 Å². The van der Waals surface area contributed by atoms with Gasteiger partial charge >= 0.3 is 0 Å². The molecule has 13 heavy (non-hydrogen) atoms. The zero-order valence-corrected chi connectivity index (χ0v) is 7.82. The van der Waals surface area contributed by atoms with Gasteiger partial charge in [0.2, 0.25) is 5.88 Å². The Kier molecular flexibility index (Phi) is 3.22. The molecule has 1 aromatic rings. The lowest BCUT2D eigenvalue weighted by Gasteiger charge is -2.09. The van der Waals surface area contributed by atoms with Crippen LogP contribution in [0.5, 0.6) is 5.88 Å². The molecular formula is C9H14N2O2. The third kappa shape index (κ3) is 2.17. The van der Waals surface area contributed by atoms with Gasteiger partial charge in [0.15, 0.2) is 0 Å². The molecule has 4 nitrogen and oxygen atoms in total. The molecule has 3 N–H and O–H groups in total. The Morgan fingerprint density at radius 3 is 2.85 bits per heavy atom. The number of nitrogens with two attached hydrogens (primary N) is 1. The molecule has 1 unspecified atom stereocenters. The van der Waals surface area contributed by atoms with Gasteiger partial charge in [0.05, 0.1) is 12.8 Å². The summed E-state index contributed by atoms with van der Waals surface area (Å²) in [5.41, 5.74) is 6.79. The van der Waals surface area contributed by atoms with E-state index in [2.05, 4.69) is 4.98 Å². The van der Waals surface area contributed by atoms with Gasteiger partial charge in [0.25, 0.3) is 0 Å². The lowest BCUT2D eigenvalue weighted by atomic mass is 10.2. The van der Waals surface area contributed by atoms with E-state index in [4.69, 9.17) is 10.5 Å². The third-order valence-corrected chi connectivity index (χ3v) is 1.83. The van der Waals surface area contributed by atoms with Gasteiger partial charge in [-0.25, -0.2) is 4.98 Å². The zero-order chi connectivity index (χ0) is 9.84. The third-order valence-electron chi connectivity index (χ3n) is 1.83. The zero-order valence-electron chi connectivity index (χ0n) is 7.82. The van der Waals surface area contributed by atoms with Crippen LogP contribution in [0.2, 0.25) is 0 Å². The van der Waals surface area contributed by atoms with E-state index in [1.807, 2.05) is 13.0 Å². The smallest absolute Gasteiger partial charge is 0.216 e. The van der Waals surface area contributed by atoms with E-state index >= 15 is 0 Å². The topological polar surface area (TPSA) is 68.4 Å². The monoisotopic (exact) mass is 182 g/mol. The highest BCUT2D eigenvalue weighted by molar-refractivity contribution is 5.27. The SMILES string of the molecule is COc1nc(C(O)CN)ccc1C. The van der Waals surface area contributed by atoms with Crippen molar-refractivity contribution >= 4 is 0 Å². The molecule has 1 atom stereocenters. The molecule has 1 rings (SSSR count). The quantitative estimate of drug-likeness (QED) is 0.709. The minimum Gasteiger partial charge on any atom is -0.481 e. The van der Waals surface area contributed by atoms with Crippen LogP contribution in [0, 0.1) is 6.92 Å². The van der Waals surface area contributed by atoms with Crippen LogP contribution < -0.4 is 10.5 Å². The Hall–Kier alpha value is -1.13. The Morgan fingerprint density at radius 2 is 2.31 bits per heavy atom. The average molecular weight is 182 g/mol. The van der Waals surface area contributed by atoms with Crippen molar-refractivity contribution in [3.63, 3.8) is 0 Å². The van der Waals surface area contributed by atoms with Gasteiger partial charge < -0.3 is 15.6 Å². The lowest BCUT2D eigenvalue weighted by Crippen LogP contribution is -2.13. The van der Waals surface area contributed by atoms with Gasteiger partial charge in [-0.2, -0.15) is 0 Å². The molecule has 72 valence electrons. The van der Waals surface area contributed by atoms with Crippen LogP contribution >= 0.6 is 0 Å². The highest BCUT2D eigenvalue weighted by Gasteiger charge is 2.08. The van der Waals surface area contributed by atoms with Crippen LogP contribution in [-0.2, 0) is 0 Å². The molecule has 0 saturated carbocycles. The van der Waals surface area contributed by atoms with Crippen molar-refractivity contribution in [3.8, 4) is 5.88 Å². The number of aromatic nitrogens is 1. The molecule has 4 heteroatoms. The number of aliphatic hydroxyl groups is 1.